The number of furan rings is 1. The lowest BCUT2D eigenvalue weighted by molar-refractivity contribution is 0.198. The molecule has 0 spiro atoms. The molecule has 1 N–H and O–H groups in total. The van der Waals surface area contributed by atoms with Crippen LogP contribution in [-0.2, 0) is 6.42 Å². The summed E-state index contributed by atoms with van der Waals surface area (Å²) in [6.07, 6.45) is 8.07. The van der Waals surface area contributed by atoms with Gasteiger partial charge < -0.3 is 19.5 Å². The molecule has 0 aliphatic carbocycles. The van der Waals surface area contributed by atoms with E-state index in [4.69, 9.17) is 9.41 Å². The van der Waals surface area contributed by atoms with Crippen LogP contribution >= 0.6 is 24.0 Å². The minimum Gasteiger partial charge on any atom is -0.469 e. The second kappa shape index (κ2) is 11.1. The van der Waals surface area contributed by atoms with Gasteiger partial charge in [0.05, 0.1) is 6.26 Å². The molecule has 0 bridgehead atoms. The highest BCUT2D eigenvalue weighted by Gasteiger charge is 2.26. The fourth-order valence-corrected chi connectivity index (χ4v) is 3.83. The summed E-state index contributed by atoms with van der Waals surface area (Å²) in [5.41, 5.74) is 0. The molecule has 3 heterocycles. The molecule has 0 saturated carbocycles. The van der Waals surface area contributed by atoms with Crippen LogP contribution in [0.2, 0.25) is 0 Å². The summed E-state index contributed by atoms with van der Waals surface area (Å²) in [5.74, 6) is 2.88. The molecule has 2 aliphatic rings. The average Bonchev–Trinajstić information content (AvgIpc) is 3.27. The Morgan fingerprint density at radius 1 is 1.28 bits per heavy atom. The first kappa shape index (κ1) is 20.6. The molecule has 1 aromatic rings. The maximum Gasteiger partial charge on any atom is 0.193 e. The topological polar surface area (TPSA) is 44.0 Å². The molecule has 5 nitrogen and oxygen atoms in total. The van der Waals surface area contributed by atoms with Crippen molar-refractivity contribution in [1.82, 2.24) is 15.1 Å². The van der Waals surface area contributed by atoms with Crippen molar-refractivity contribution in [2.24, 2.45) is 10.9 Å². The van der Waals surface area contributed by atoms with Gasteiger partial charge in [0.2, 0.25) is 0 Å². The van der Waals surface area contributed by atoms with E-state index in [0.717, 1.165) is 50.2 Å². The molecular weight excluding hydrogens is 427 g/mol. The number of rotatable bonds is 6. The summed E-state index contributed by atoms with van der Waals surface area (Å²) in [6, 6.07) is 3.96. The van der Waals surface area contributed by atoms with Gasteiger partial charge in [0.15, 0.2) is 5.96 Å². The van der Waals surface area contributed by atoms with Gasteiger partial charge in [0.25, 0.3) is 0 Å². The molecular formula is C19H33IN4O. The van der Waals surface area contributed by atoms with Gasteiger partial charge in [-0.15, -0.1) is 24.0 Å². The van der Waals surface area contributed by atoms with Gasteiger partial charge in [-0.2, -0.15) is 0 Å². The minimum absolute atomic E-state index is 0. The summed E-state index contributed by atoms with van der Waals surface area (Å²) in [4.78, 5) is 9.92. The normalized spacial score (nSPS) is 22.0. The minimum atomic E-state index is 0. The highest BCUT2D eigenvalue weighted by molar-refractivity contribution is 14.0. The zero-order valence-corrected chi connectivity index (χ0v) is 17.8. The van der Waals surface area contributed by atoms with Crippen LogP contribution in [0.25, 0.3) is 0 Å². The molecule has 0 amide bonds. The van der Waals surface area contributed by atoms with E-state index >= 15 is 0 Å². The highest BCUT2D eigenvalue weighted by atomic mass is 127. The van der Waals surface area contributed by atoms with E-state index in [1.807, 2.05) is 12.1 Å². The Hall–Kier alpha value is -0.760. The van der Waals surface area contributed by atoms with E-state index in [-0.39, 0.29) is 24.0 Å². The number of hydrogen-bond donors (Lipinski definition) is 1. The molecule has 6 heteroatoms. The molecule has 1 aromatic heterocycles. The van der Waals surface area contributed by atoms with Gasteiger partial charge in [-0.25, -0.2) is 0 Å². The molecule has 1 atom stereocenters. The Bertz CT molecular complexity index is 500. The number of aliphatic imine (C=N–C) groups is 1. The summed E-state index contributed by atoms with van der Waals surface area (Å²) < 4.78 is 5.39. The maximum atomic E-state index is 5.39. The van der Waals surface area contributed by atoms with Crippen molar-refractivity contribution >= 4 is 29.9 Å². The Kier molecular flexibility index (Phi) is 9.09. The Balaban J connectivity index is 0.00000225. The second-order valence-electron chi connectivity index (χ2n) is 7.03. The van der Waals surface area contributed by atoms with Crippen molar-refractivity contribution < 1.29 is 4.42 Å². The molecule has 2 fully saturated rings. The SMILES string of the molecule is CCNC(=NCCc1ccco1)N1CCC(CN2CCCCC2)C1.I. The number of guanidine groups is 1. The lowest BCUT2D eigenvalue weighted by Crippen LogP contribution is -2.41. The number of hydrogen-bond acceptors (Lipinski definition) is 3. The van der Waals surface area contributed by atoms with Crippen molar-refractivity contribution in [1.29, 1.82) is 0 Å². The van der Waals surface area contributed by atoms with Crippen LogP contribution in [0.4, 0.5) is 0 Å². The fraction of sp³-hybridized carbons (Fsp3) is 0.737. The van der Waals surface area contributed by atoms with Crippen LogP contribution in [0.3, 0.4) is 0 Å². The molecule has 142 valence electrons. The zero-order valence-electron chi connectivity index (χ0n) is 15.5. The van der Waals surface area contributed by atoms with Gasteiger partial charge in [-0.3, -0.25) is 4.99 Å². The first-order valence-corrected chi connectivity index (χ1v) is 9.63. The van der Waals surface area contributed by atoms with Gasteiger partial charge in [0, 0.05) is 39.1 Å². The van der Waals surface area contributed by atoms with Crippen LogP contribution in [0.15, 0.2) is 27.8 Å². The molecule has 1 unspecified atom stereocenters. The predicted octanol–water partition coefficient (Wildman–Crippen LogP) is 3.21. The number of nitrogens with one attached hydrogen (secondary N) is 1. The van der Waals surface area contributed by atoms with Gasteiger partial charge in [0.1, 0.15) is 5.76 Å². The van der Waals surface area contributed by atoms with E-state index in [1.54, 1.807) is 6.26 Å². The lowest BCUT2D eigenvalue weighted by Gasteiger charge is -2.29. The predicted molar refractivity (Wildman–Crippen MR) is 114 cm³/mol. The first-order valence-electron chi connectivity index (χ1n) is 9.63. The third-order valence-corrected chi connectivity index (χ3v) is 5.09. The highest BCUT2D eigenvalue weighted by Crippen LogP contribution is 2.20. The molecule has 2 aliphatic heterocycles. The third-order valence-electron chi connectivity index (χ3n) is 5.09. The van der Waals surface area contributed by atoms with E-state index in [9.17, 15) is 0 Å². The van der Waals surface area contributed by atoms with Crippen LogP contribution in [0, 0.1) is 5.92 Å². The van der Waals surface area contributed by atoms with Gasteiger partial charge in [-0.05, 0) is 57.3 Å². The third kappa shape index (κ3) is 6.47. The van der Waals surface area contributed by atoms with Crippen LogP contribution in [0.5, 0.6) is 0 Å². The molecule has 25 heavy (non-hydrogen) atoms. The van der Waals surface area contributed by atoms with Crippen molar-refractivity contribution in [2.45, 2.75) is 39.0 Å². The Morgan fingerprint density at radius 2 is 2.12 bits per heavy atom. The summed E-state index contributed by atoms with van der Waals surface area (Å²) in [5, 5.41) is 3.46. The van der Waals surface area contributed by atoms with Gasteiger partial charge in [-0.1, -0.05) is 6.42 Å². The van der Waals surface area contributed by atoms with Crippen LogP contribution in [0.1, 0.15) is 38.4 Å². The average molecular weight is 460 g/mol. The van der Waals surface area contributed by atoms with Crippen molar-refractivity contribution in [3.63, 3.8) is 0 Å². The molecule has 0 aromatic carbocycles. The number of likely N-dealkylation sites (tertiary alicyclic amines) is 2. The maximum absolute atomic E-state index is 5.39. The Labute approximate surface area is 169 Å². The fourth-order valence-electron chi connectivity index (χ4n) is 3.83. The standard InChI is InChI=1S/C19H32N4O.HI/c1-2-20-19(21-10-8-18-7-6-14-24-18)23-13-9-17(16-23)15-22-11-4-3-5-12-22;/h6-7,14,17H,2-5,8-13,15-16H2,1H3,(H,20,21);1H. The van der Waals surface area contributed by atoms with Crippen molar-refractivity contribution in [3.05, 3.63) is 24.2 Å². The van der Waals surface area contributed by atoms with Crippen molar-refractivity contribution in [3.8, 4) is 0 Å². The van der Waals surface area contributed by atoms with Crippen LogP contribution < -0.4 is 5.32 Å². The summed E-state index contributed by atoms with van der Waals surface area (Å²) in [7, 11) is 0. The van der Waals surface area contributed by atoms with Gasteiger partial charge >= 0.3 is 0 Å². The lowest BCUT2D eigenvalue weighted by atomic mass is 10.1. The number of halogens is 1. The second-order valence-corrected chi connectivity index (χ2v) is 7.03. The van der Waals surface area contributed by atoms with E-state index in [2.05, 4.69) is 22.0 Å². The first-order chi connectivity index (χ1) is 11.8. The van der Waals surface area contributed by atoms with Crippen molar-refractivity contribution in [2.75, 3.05) is 45.8 Å². The van der Waals surface area contributed by atoms with Crippen LogP contribution in [-0.4, -0.2) is 61.6 Å². The zero-order chi connectivity index (χ0) is 16.6. The largest absolute Gasteiger partial charge is 0.469 e. The number of nitrogens with zero attached hydrogens (tertiary/aromatic N) is 3. The molecule has 2 saturated heterocycles. The smallest absolute Gasteiger partial charge is 0.193 e. The van der Waals surface area contributed by atoms with E-state index in [0.29, 0.717) is 0 Å². The Morgan fingerprint density at radius 3 is 2.84 bits per heavy atom. The van der Waals surface area contributed by atoms with E-state index < -0.39 is 0 Å². The summed E-state index contributed by atoms with van der Waals surface area (Å²) in [6.45, 7) is 9.98. The quantitative estimate of drug-likeness (QED) is 0.402. The monoisotopic (exact) mass is 460 g/mol. The van der Waals surface area contributed by atoms with E-state index in [1.165, 1.54) is 45.3 Å². The molecule has 0 radical (unpaired) electrons. The number of piperidine rings is 1. The summed E-state index contributed by atoms with van der Waals surface area (Å²) >= 11 is 0. The molecule has 3 rings (SSSR count).